The van der Waals surface area contributed by atoms with Crippen molar-refractivity contribution in [2.45, 2.75) is 32.1 Å². The molecule has 0 amide bonds. The number of hydrazine groups is 1. The van der Waals surface area contributed by atoms with Crippen molar-refractivity contribution in [2.75, 3.05) is 15.7 Å². The number of nitrogens with one attached hydrogen (secondary N) is 1. The lowest BCUT2D eigenvalue weighted by molar-refractivity contribution is -0.274. The molecule has 0 aromatic heterocycles. The highest BCUT2D eigenvalue weighted by atomic mass is 32.2. The SMILES string of the molecule is CC1CS/C(=N\N=C\c2ccc(C3N=CN(c4ccc(OC(F)(F)F)cc4)N3)cc2)N1c1ccccc1OC(F)F. The maximum atomic E-state index is 12.9. The van der Waals surface area contributed by atoms with Crippen molar-refractivity contribution in [3.05, 3.63) is 83.9 Å². The molecule has 0 saturated carbocycles. The number of amidine groups is 1. The minimum atomic E-state index is -4.75. The van der Waals surface area contributed by atoms with Gasteiger partial charge in [0.1, 0.15) is 24.0 Å². The molecule has 8 nitrogen and oxygen atoms in total. The molecule has 41 heavy (non-hydrogen) atoms. The molecule has 1 fully saturated rings. The van der Waals surface area contributed by atoms with E-state index in [9.17, 15) is 22.0 Å². The average molecular weight is 591 g/mol. The van der Waals surface area contributed by atoms with Gasteiger partial charge in [0.15, 0.2) is 5.17 Å². The Morgan fingerprint density at radius 2 is 1.78 bits per heavy atom. The summed E-state index contributed by atoms with van der Waals surface area (Å²) in [6.45, 7) is -0.973. The van der Waals surface area contributed by atoms with Gasteiger partial charge in [-0.3, -0.25) is 5.01 Å². The number of anilines is 2. The third kappa shape index (κ3) is 7.13. The average Bonchev–Trinajstić information content (AvgIpc) is 3.56. The summed E-state index contributed by atoms with van der Waals surface area (Å²) < 4.78 is 71.6. The highest BCUT2D eigenvalue weighted by molar-refractivity contribution is 8.14. The number of hydrogen-bond acceptors (Lipinski definition) is 8. The van der Waals surface area contributed by atoms with Crippen LogP contribution < -0.4 is 24.8 Å². The molecule has 3 aromatic rings. The largest absolute Gasteiger partial charge is 0.573 e. The van der Waals surface area contributed by atoms with Crippen molar-refractivity contribution >= 4 is 40.9 Å². The van der Waals surface area contributed by atoms with E-state index in [1.807, 2.05) is 36.1 Å². The van der Waals surface area contributed by atoms with Gasteiger partial charge in [-0.15, -0.1) is 18.3 Å². The van der Waals surface area contributed by atoms with Gasteiger partial charge in [0.05, 0.1) is 17.6 Å². The Labute approximate surface area is 236 Å². The normalized spacial score (nSPS) is 20.1. The first kappa shape index (κ1) is 28.4. The highest BCUT2D eigenvalue weighted by Gasteiger charge is 2.32. The molecule has 0 spiro atoms. The van der Waals surface area contributed by atoms with Crippen molar-refractivity contribution in [3.8, 4) is 11.5 Å². The number of aliphatic imine (C=N–C) groups is 1. The number of thioether (sulfide) groups is 1. The van der Waals surface area contributed by atoms with Crippen molar-refractivity contribution in [1.82, 2.24) is 5.43 Å². The number of nitrogens with zero attached hydrogens (tertiary/aromatic N) is 5. The molecule has 0 radical (unpaired) electrons. The maximum Gasteiger partial charge on any atom is 0.573 e. The molecular weight excluding hydrogens is 567 g/mol. The van der Waals surface area contributed by atoms with Crippen molar-refractivity contribution in [1.29, 1.82) is 0 Å². The van der Waals surface area contributed by atoms with E-state index in [1.165, 1.54) is 42.1 Å². The van der Waals surface area contributed by atoms with Gasteiger partial charge in [-0.2, -0.15) is 19.3 Å². The first-order valence-electron chi connectivity index (χ1n) is 12.3. The quantitative estimate of drug-likeness (QED) is 0.182. The first-order valence-corrected chi connectivity index (χ1v) is 13.3. The molecule has 3 aromatic carbocycles. The molecule has 14 heteroatoms. The van der Waals surface area contributed by atoms with Gasteiger partial charge in [-0.25, -0.2) is 4.99 Å². The summed E-state index contributed by atoms with van der Waals surface area (Å²) in [6, 6.07) is 19.4. The van der Waals surface area contributed by atoms with Gasteiger partial charge in [0.2, 0.25) is 0 Å². The molecule has 0 aliphatic carbocycles. The van der Waals surface area contributed by atoms with Gasteiger partial charge in [0, 0.05) is 11.8 Å². The molecule has 2 aliphatic rings. The number of alkyl halides is 5. The zero-order valence-corrected chi connectivity index (χ0v) is 22.2. The van der Waals surface area contributed by atoms with E-state index in [4.69, 9.17) is 4.74 Å². The molecule has 2 heterocycles. The zero-order chi connectivity index (χ0) is 29.0. The summed E-state index contributed by atoms with van der Waals surface area (Å²) in [5.74, 6) is 0.470. The van der Waals surface area contributed by atoms with E-state index in [0.29, 0.717) is 22.3 Å². The fourth-order valence-corrected chi connectivity index (χ4v) is 5.21. The van der Waals surface area contributed by atoms with E-state index in [-0.39, 0.29) is 17.5 Å². The van der Waals surface area contributed by atoms with Crippen LogP contribution in [-0.4, -0.2) is 42.5 Å². The molecule has 1 N–H and O–H groups in total. The third-order valence-electron chi connectivity index (χ3n) is 5.98. The topological polar surface area (TPSA) is 74.0 Å². The van der Waals surface area contributed by atoms with Crippen LogP contribution in [-0.2, 0) is 0 Å². The second kappa shape index (κ2) is 12.1. The van der Waals surface area contributed by atoms with Crippen LogP contribution in [0.2, 0.25) is 0 Å². The molecule has 1 saturated heterocycles. The summed E-state index contributed by atoms with van der Waals surface area (Å²) in [7, 11) is 0. The van der Waals surface area contributed by atoms with Gasteiger partial charge < -0.3 is 14.4 Å². The van der Waals surface area contributed by atoms with Crippen molar-refractivity contribution in [3.63, 3.8) is 0 Å². The lowest BCUT2D eigenvalue weighted by Gasteiger charge is -2.24. The summed E-state index contributed by atoms with van der Waals surface area (Å²) in [4.78, 5) is 6.25. The number of rotatable bonds is 8. The van der Waals surface area contributed by atoms with Gasteiger partial charge in [-0.1, -0.05) is 48.2 Å². The monoisotopic (exact) mass is 590 g/mol. The van der Waals surface area contributed by atoms with E-state index in [2.05, 4.69) is 25.4 Å². The van der Waals surface area contributed by atoms with Crippen molar-refractivity contribution in [2.24, 2.45) is 15.2 Å². The Kier molecular flexibility index (Phi) is 8.40. The van der Waals surface area contributed by atoms with E-state index in [0.717, 1.165) is 11.1 Å². The molecule has 0 bridgehead atoms. The Morgan fingerprint density at radius 1 is 1.05 bits per heavy atom. The summed E-state index contributed by atoms with van der Waals surface area (Å²) in [5.41, 5.74) is 5.87. The second-order valence-corrected chi connectivity index (χ2v) is 9.87. The Morgan fingerprint density at radius 3 is 2.49 bits per heavy atom. The van der Waals surface area contributed by atoms with Crippen LogP contribution in [0.15, 0.2) is 88.0 Å². The molecule has 2 unspecified atom stereocenters. The second-order valence-electron chi connectivity index (χ2n) is 8.88. The van der Waals surface area contributed by atoms with Crippen LogP contribution in [0.5, 0.6) is 11.5 Å². The number of hydrogen-bond donors (Lipinski definition) is 1. The summed E-state index contributed by atoms with van der Waals surface area (Å²) in [6.07, 6.45) is -2.01. The molecule has 2 aliphatic heterocycles. The number of para-hydroxylation sites is 2. The van der Waals surface area contributed by atoms with Crippen LogP contribution in [0.3, 0.4) is 0 Å². The maximum absolute atomic E-state index is 12.9. The van der Waals surface area contributed by atoms with Crippen LogP contribution in [0.25, 0.3) is 0 Å². The predicted octanol–water partition coefficient (Wildman–Crippen LogP) is 6.57. The number of halogens is 5. The smallest absolute Gasteiger partial charge is 0.433 e. The van der Waals surface area contributed by atoms with Crippen LogP contribution in [0.4, 0.5) is 33.3 Å². The lowest BCUT2D eigenvalue weighted by atomic mass is 10.1. The summed E-state index contributed by atoms with van der Waals surface area (Å²) >= 11 is 1.47. The van der Waals surface area contributed by atoms with Gasteiger partial charge in [0.25, 0.3) is 0 Å². The van der Waals surface area contributed by atoms with E-state index < -0.39 is 19.1 Å². The van der Waals surface area contributed by atoms with Gasteiger partial charge in [-0.05, 0) is 54.4 Å². The molecular formula is C27H23F5N6O2S. The molecule has 5 rings (SSSR count). The third-order valence-corrected chi connectivity index (χ3v) is 7.17. The van der Waals surface area contributed by atoms with E-state index in [1.54, 1.807) is 35.8 Å². The predicted molar refractivity (Wildman–Crippen MR) is 149 cm³/mol. The van der Waals surface area contributed by atoms with Crippen LogP contribution >= 0.6 is 11.8 Å². The van der Waals surface area contributed by atoms with Gasteiger partial charge >= 0.3 is 13.0 Å². The standard InChI is InChI=1S/C27H23F5N6O2S/c1-17-15-41-26(38(17)22-4-2-3-5-23(22)39-25(28)29)35-34-14-18-6-8-19(9-7-18)24-33-16-37(36-24)20-10-12-21(13-11-20)40-27(30,31)32/h2-14,16-17,24-25,36H,15H2,1H3/b34-14+,35-26-. The Balaban J connectivity index is 1.21. The fraction of sp³-hybridized carbons (Fsp3) is 0.222. The van der Waals surface area contributed by atoms with Crippen molar-refractivity contribution < 1.29 is 31.4 Å². The number of benzene rings is 3. The number of ether oxygens (including phenoxy) is 2. The minimum absolute atomic E-state index is 0.000784. The first-order chi connectivity index (χ1) is 19.7. The van der Waals surface area contributed by atoms with Crippen LogP contribution in [0, 0.1) is 0 Å². The summed E-state index contributed by atoms with van der Waals surface area (Å²) in [5, 5.41) is 10.7. The van der Waals surface area contributed by atoms with E-state index >= 15 is 0 Å². The molecule has 2 atom stereocenters. The highest BCUT2D eigenvalue weighted by Crippen LogP contribution is 2.37. The Bertz CT molecular complexity index is 1430. The fourth-order valence-electron chi connectivity index (χ4n) is 4.15. The zero-order valence-electron chi connectivity index (χ0n) is 21.4. The Hall–Kier alpha value is -4.17. The molecule has 214 valence electrons. The van der Waals surface area contributed by atoms with Crippen LogP contribution in [0.1, 0.15) is 24.2 Å². The minimum Gasteiger partial charge on any atom is -0.433 e. The lowest BCUT2D eigenvalue weighted by Crippen LogP contribution is -2.33.